The zero-order valence-electron chi connectivity index (χ0n) is 33.3. The van der Waals surface area contributed by atoms with Crippen LogP contribution in [0.3, 0.4) is 0 Å². The molecule has 10 amide bonds. The van der Waals surface area contributed by atoms with Crippen molar-refractivity contribution in [1.82, 2.24) is 48.0 Å². The third-order valence-corrected chi connectivity index (χ3v) is 10.8. The van der Waals surface area contributed by atoms with Crippen molar-refractivity contribution in [3.63, 3.8) is 0 Å². The predicted molar refractivity (Wildman–Crippen MR) is 210 cm³/mol. The molecule has 20 nitrogen and oxygen atoms in total. The zero-order chi connectivity index (χ0) is 42.5. The van der Waals surface area contributed by atoms with Gasteiger partial charge in [0, 0.05) is 36.3 Å². The SMILES string of the molecule is CC(C)CC(CC(=O)NO)C(=O)N[C@@H](CC(C)C)C(=O)NCC(=O)NCC(=O)NCC(=O)N[C@@H](CCCCNC(=O)CCCC[C@@H]1SC[C@@H]2NC(=O)N[C@@H]21)C(N)=O. The lowest BCUT2D eigenvalue weighted by Crippen LogP contribution is -2.52. The molecule has 322 valence electrons. The van der Waals surface area contributed by atoms with Crippen LogP contribution in [0, 0.1) is 17.8 Å². The second-order valence-corrected chi connectivity index (χ2v) is 16.5. The Morgan fingerprint density at radius 1 is 0.737 bits per heavy atom. The Balaban J connectivity index is 1.62. The summed E-state index contributed by atoms with van der Waals surface area (Å²) < 4.78 is 0. The number of nitrogens with two attached hydrogens (primary N) is 1. The van der Waals surface area contributed by atoms with E-state index in [1.165, 1.54) is 5.48 Å². The normalized spacial score (nSPS) is 18.6. The van der Waals surface area contributed by atoms with Crippen molar-refractivity contribution in [1.29, 1.82) is 0 Å². The summed E-state index contributed by atoms with van der Waals surface area (Å²) in [6.07, 6.45) is 4.47. The summed E-state index contributed by atoms with van der Waals surface area (Å²) in [5, 5.41) is 30.2. The van der Waals surface area contributed by atoms with E-state index in [1.807, 2.05) is 39.5 Å². The number of rotatable bonds is 27. The predicted octanol–water partition coefficient (Wildman–Crippen LogP) is -1.59. The van der Waals surface area contributed by atoms with Crippen LogP contribution in [0.25, 0.3) is 0 Å². The summed E-state index contributed by atoms with van der Waals surface area (Å²) in [6, 6.07) is -1.80. The third kappa shape index (κ3) is 19.4. The minimum atomic E-state index is -1.01. The summed E-state index contributed by atoms with van der Waals surface area (Å²) in [6.45, 7) is 6.29. The molecule has 21 heteroatoms. The van der Waals surface area contributed by atoms with Gasteiger partial charge in [-0.1, -0.05) is 34.1 Å². The van der Waals surface area contributed by atoms with E-state index < -0.39 is 79.0 Å². The van der Waals surface area contributed by atoms with Gasteiger partial charge in [-0.2, -0.15) is 11.8 Å². The van der Waals surface area contributed by atoms with Gasteiger partial charge < -0.3 is 48.3 Å². The number of hydrogen-bond acceptors (Lipinski definition) is 11. The molecule has 57 heavy (non-hydrogen) atoms. The molecule has 1 unspecified atom stereocenters. The van der Waals surface area contributed by atoms with E-state index in [4.69, 9.17) is 10.9 Å². The van der Waals surface area contributed by atoms with Gasteiger partial charge in [-0.3, -0.25) is 43.6 Å². The number of thioether (sulfide) groups is 1. The van der Waals surface area contributed by atoms with E-state index in [-0.39, 0.29) is 55.1 Å². The maximum atomic E-state index is 13.0. The lowest BCUT2D eigenvalue weighted by Gasteiger charge is -2.24. The Labute approximate surface area is 337 Å². The topological polar surface area (TPSA) is 308 Å². The molecule has 0 aromatic carbocycles. The molecule has 0 aliphatic carbocycles. The van der Waals surface area contributed by atoms with Gasteiger partial charge in [0.05, 0.1) is 31.7 Å². The molecule has 2 saturated heterocycles. The summed E-state index contributed by atoms with van der Waals surface area (Å²) in [7, 11) is 0. The molecule has 2 aliphatic heterocycles. The number of urea groups is 1. The van der Waals surface area contributed by atoms with Crippen LogP contribution in [-0.2, 0) is 38.4 Å². The lowest BCUT2D eigenvalue weighted by molar-refractivity contribution is -0.137. The van der Waals surface area contributed by atoms with E-state index in [0.29, 0.717) is 37.5 Å². The number of nitrogens with one attached hydrogen (secondary N) is 9. The second kappa shape index (κ2) is 25.6. The molecule has 0 aromatic heterocycles. The Hall–Kier alpha value is -4.66. The average Bonchev–Trinajstić information content (AvgIpc) is 3.70. The molecule has 2 rings (SSSR count). The maximum Gasteiger partial charge on any atom is 0.315 e. The first-order valence-corrected chi connectivity index (χ1v) is 20.6. The highest BCUT2D eigenvalue weighted by atomic mass is 32.2. The fraction of sp³-hybridized carbons (Fsp3) is 0.750. The molecule has 2 heterocycles. The Morgan fingerprint density at radius 3 is 2.02 bits per heavy atom. The van der Waals surface area contributed by atoms with Crippen molar-refractivity contribution in [3.8, 4) is 0 Å². The minimum absolute atomic E-state index is 0.0165. The molecule has 6 atom stereocenters. The zero-order valence-corrected chi connectivity index (χ0v) is 34.1. The number of hydroxylamine groups is 1. The van der Waals surface area contributed by atoms with Crippen LogP contribution in [0.1, 0.15) is 91.9 Å². The van der Waals surface area contributed by atoms with Gasteiger partial charge in [-0.25, -0.2) is 10.3 Å². The molecular formula is C36H62N10O10S. The maximum absolute atomic E-state index is 13.0. The number of fused-ring (bicyclic) bond motifs is 1. The highest BCUT2D eigenvalue weighted by molar-refractivity contribution is 8.00. The molecule has 0 radical (unpaired) electrons. The summed E-state index contributed by atoms with van der Waals surface area (Å²) in [5.41, 5.74) is 6.96. The van der Waals surface area contributed by atoms with Gasteiger partial charge in [0.1, 0.15) is 12.1 Å². The summed E-state index contributed by atoms with van der Waals surface area (Å²) >= 11 is 1.84. The fourth-order valence-electron chi connectivity index (χ4n) is 6.48. The van der Waals surface area contributed by atoms with Crippen LogP contribution in [0.15, 0.2) is 0 Å². The van der Waals surface area contributed by atoms with Crippen molar-refractivity contribution >= 4 is 65.1 Å². The number of primary amides is 1. The van der Waals surface area contributed by atoms with Crippen LogP contribution >= 0.6 is 11.8 Å². The molecular weight excluding hydrogens is 765 g/mol. The average molecular weight is 827 g/mol. The van der Waals surface area contributed by atoms with Gasteiger partial charge >= 0.3 is 6.03 Å². The number of amides is 10. The van der Waals surface area contributed by atoms with E-state index >= 15 is 0 Å². The first-order chi connectivity index (χ1) is 27.0. The third-order valence-electron chi connectivity index (χ3n) is 9.34. The number of hydrogen-bond donors (Lipinski definition) is 11. The standard InChI is InChI=1S/C36H62N10O10S/c1-20(2)13-22(15-28(48)46-56)34(53)43-24(14-21(3)4)35(54)41-17-30(50)39-16-29(49)40-18-31(51)42-23(33(37)52)9-7-8-12-38-27(47)11-6-5-10-26-32-25(19-57-26)44-36(55)45-32/h20-26,32,56H,5-19H2,1-4H3,(H2,37,52)(H,38,47)(H,39,50)(H,40,49)(H,41,54)(H,42,51)(H,43,53)(H,46,48)(H2,44,45,55)/t22?,23-,24-,25-,26-,32-/m0/s1. The van der Waals surface area contributed by atoms with Crippen molar-refractivity contribution < 1.29 is 48.4 Å². The van der Waals surface area contributed by atoms with Crippen molar-refractivity contribution in [2.75, 3.05) is 31.9 Å². The minimum Gasteiger partial charge on any atom is -0.368 e. The van der Waals surface area contributed by atoms with Gasteiger partial charge in [-0.05, 0) is 56.8 Å². The van der Waals surface area contributed by atoms with Crippen LogP contribution < -0.4 is 53.7 Å². The molecule has 0 bridgehead atoms. The fourth-order valence-corrected chi connectivity index (χ4v) is 8.03. The molecule has 0 aromatic rings. The first kappa shape index (κ1) is 48.5. The molecule has 2 aliphatic rings. The first-order valence-electron chi connectivity index (χ1n) is 19.6. The Kier molecular flexibility index (Phi) is 21.7. The molecule has 12 N–H and O–H groups in total. The summed E-state index contributed by atoms with van der Waals surface area (Å²) in [5.74, 6) is -4.72. The Morgan fingerprint density at radius 2 is 1.39 bits per heavy atom. The number of carbonyl (C=O) groups is 9. The van der Waals surface area contributed by atoms with Crippen molar-refractivity contribution in [2.24, 2.45) is 23.5 Å². The highest BCUT2D eigenvalue weighted by Gasteiger charge is 2.42. The van der Waals surface area contributed by atoms with E-state index in [0.717, 1.165) is 25.0 Å². The van der Waals surface area contributed by atoms with Gasteiger partial charge in [0.2, 0.25) is 47.3 Å². The van der Waals surface area contributed by atoms with Crippen LogP contribution in [-0.4, -0.2) is 120 Å². The van der Waals surface area contributed by atoms with Crippen molar-refractivity contribution in [2.45, 2.75) is 121 Å². The smallest absolute Gasteiger partial charge is 0.315 e. The molecule has 0 spiro atoms. The highest BCUT2D eigenvalue weighted by Crippen LogP contribution is 2.33. The van der Waals surface area contributed by atoms with Gasteiger partial charge in [0.15, 0.2) is 0 Å². The van der Waals surface area contributed by atoms with E-state index in [1.54, 1.807) is 0 Å². The van der Waals surface area contributed by atoms with Crippen LogP contribution in [0.4, 0.5) is 4.79 Å². The van der Waals surface area contributed by atoms with Crippen LogP contribution in [0.2, 0.25) is 0 Å². The quantitative estimate of drug-likeness (QED) is 0.0194. The van der Waals surface area contributed by atoms with Gasteiger partial charge in [-0.15, -0.1) is 0 Å². The lowest BCUT2D eigenvalue weighted by atomic mass is 9.92. The monoisotopic (exact) mass is 826 g/mol. The summed E-state index contributed by atoms with van der Waals surface area (Å²) in [4.78, 5) is 110. The number of unbranched alkanes of at least 4 members (excludes halogenated alkanes) is 2. The second-order valence-electron chi connectivity index (χ2n) is 15.3. The van der Waals surface area contributed by atoms with Crippen molar-refractivity contribution in [3.05, 3.63) is 0 Å². The molecule has 2 fully saturated rings. The Bertz CT molecular complexity index is 1420. The van der Waals surface area contributed by atoms with Crippen LogP contribution in [0.5, 0.6) is 0 Å². The largest absolute Gasteiger partial charge is 0.368 e. The molecule has 0 saturated carbocycles. The van der Waals surface area contributed by atoms with E-state index in [2.05, 4.69) is 42.5 Å². The number of carbonyl (C=O) groups excluding carboxylic acids is 9. The van der Waals surface area contributed by atoms with Gasteiger partial charge in [0.25, 0.3) is 0 Å². The van der Waals surface area contributed by atoms with E-state index in [9.17, 15) is 43.2 Å².